The van der Waals surface area contributed by atoms with E-state index < -0.39 is 0 Å². The van der Waals surface area contributed by atoms with Crippen LogP contribution in [0.15, 0.2) is 139 Å². The second kappa shape index (κ2) is 8.58. The van der Waals surface area contributed by atoms with Gasteiger partial charge < -0.3 is 9.97 Å². The Bertz CT molecular complexity index is 1690. The molecule has 0 fully saturated rings. The Labute approximate surface area is 210 Å². The minimum absolute atomic E-state index is 0.177. The lowest BCUT2D eigenvalue weighted by Crippen LogP contribution is -2.08. The smallest absolute Gasteiger partial charge is 0.0457 e. The van der Waals surface area contributed by atoms with Crippen LogP contribution in [-0.2, 0) is 0 Å². The Morgan fingerprint density at radius 1 is 0.528 bits per heavy atom. The molecular formula is C34H26N2. The van der Waals surface area contributed by atoms with Crippen LogP contribution < -0.4 is 0 Å². The van der Waals surface area contributed by atoms with E-state index in [2.05, 4.69) is 144 Å². The van der Waals surface area contributed by atoms with Crippen LogP contribution in [0.25, 0.3) is 27.4 Å². The average Bonchev–Trinajstić information content (AvgIpc) is 3.67. The van der Waals surface area contributed by atoms with Crippen LogP contribution >= 0.6 is 0 Å². The molecule has 0 unspecified atom stereocenters. The van der Waals surface area contributed by atoms with E-state index in [1.165, 1.54) is 55.2 Å². The Morgan fingerprint density at radius 2 is 1.03 bits per heavy atom. The second-order valence-electron chi connectivity index (χ2n) is 9.50. The zero-order valence-electron chi connectivity index (χ0n) is 19.9. The Kier molecular flexibility index (Phi) is 4.96. The van der Waals surface area contributed by atoms with Crippen LogP contribution in [-0.4, -0.2) is 9.97 Å². The zero-order chi connectivity index (χ0) is 23.9. The van der Waals surface area contributed by atoms with Gasteiger partial charge in [0.05, 0.1) is 0 Å². The molecule has 2 nitrogen and oxygen atoms in total. The van der Waals surface area contributed by atoms with E-state index in [0.717, 1.165) is 0 Å². The maximum atomic E-state index is 3.55. The molecule has 2 N–H and O–H groups in total. The van der Waals surface area contributed by atoms with Crippen LogP contribution in [0.1, 0.15) is 34.1 Å². The van der Waals surface area contributed by atoms with Crippen molar-refractivity contribution in [3.8, 4) is 0 Å². The summed E-state index contributed by atoms with van der Waals surface area (Å²) in [6.45, 7) is 0. The lowest BCUT2D eigenvalue weighted by Gasteiger charge is -2.24. The molecule has 172 valence electrons. The molecule has 2 atom stereocenters. The van der Waals surface area contributed by atoms with Gasteiger partial charge in [-0.2, -0.15) is 0 Å². The van der Waals surface area contributed by atoms with Gasteiger partial charge in [-0.3, -0.25) is 0 Å². The number of H-pyrrole nitrogens is 2. The number of para-hydroxylation sites is 2. The van der Waals surface area contributed by atoms with E-state index in [9.17, 15) is 0 Å². The Balaban J connectivity index is 1.52. The topological polar surface area (TPSA) is 31.6 Å². The molecule has 7 rings (SSSR count). The van der Waals surface area contributed by atoms with Gasteiger partial charge in [0, 0.05) is 46.0 Å². The Hall–Kier alpha value is -4.56. The maximum absolute atomic E-state index is 3.55. The molecule has 0 saturated heterocycles. The van der Waals surface area contributed by atoms with E-state index in [0.29, 0.717) is 0 Å². The number of aromatic nitrogens is 2. The third-order valence-electron chi connectivity index (χ3n) is 7.53. The largest absolute Gasteiger partial charge is 0.361 e. The normalized spacial score (nSPS) is 17.3. The summed E-state index contributed by atoms with van der Waals surface area (Å²) in [7, 11) is 0. The lowest BCUT2D eigenvalue weighted by molar-refractivity contribution is 0.756. The van der Waals surface area contributed by atoms with Crippen molar-refractivity contribution in [3.05, 3.63) is 162 Å². The maximum Gasteiger partial charge on any atom is 0.0457 e. The van der Waals surface area contributed by atoms with Crippen molar-refractivity contribution in [2.75, 3.05) is 0 Å². The summed E-state index contributed by atoms with van der Waals surface area (Å²) in [5.74, 6) is 0.397. The van der Waals surface area contributed by atoms with Gasteiger partial charge in [0.25, 0.3) is 0 Å². The highest BCUT2D eigenvalue weighted by atomic mass is 14.7. The summed E-state index contributed by atoms with van der Waals surface area (Å²) in [4.78, 5) is 7.07. The lowest BCUT2D eigenvalue weighted by atomic mass is 9.78. The van der Waals surface area contributed by atoms with Gasteiger partial charge in [-0.25, -0.2) is 0 Å². The summed E-state index contributed by atoms with van der Waals surface area (Å²) >= 11 is 0. The Morgan fingerprint density at radius 3 is 1.64 bits per heavy atom. The number of hydrogen-bond acceptors (Lipinski definition) is 0. The van der Waals surface area contributed by atoms with Crippen LogP contribution in [0.5, 0.6) is 0 Å². The molecule has 0 amide bonds. The fraction of sp³-hybridized carbons (Fsp3) is 0.0588. The van der Waals surface area contributed by atoms with Gasteiger partial charge in [-0.15, -0.1) is 0 Å². The van der Waals surface area contributed by atoms with E-state index >= 15 is 0 Å². The highest BCUT2D eigenvalue weighted by molar-refractivity contribution is 5.91. The van der Waals surface area contributed by atoms with Crippen molar-refractivity contribution in [2.45, 2.75) is 11.8 Å². The first-order valence-electron chi connectivity index (χ1n) is 12.5. The quantitative estimate of drug-likeness (QED) is 0.263. The number of hydrogen-bond donors (Lipinski definition) is 2. The molecule has 2 aromatic heterocycles. The predicted molar refractivity (Wildman–Crippen MR) is 150 cm³/mol. The number of nitrogens with one attached hydrogen (secondary N) is 2. The first kappa shape index (κ1) is 20.8. The molecule has 36 heavy (non-hydrogen) atoms. The van der Waals surface area contributed by atoms with Crippen LogP contribution in [0.2, 0.25) is 0 Å². The zero-order valence-corrected chi connectivity index (χ0v) is 19.9. The van der Waals surface area contributed by atoms with Gasteiger partial charge in [0.2, 0.25) is 0 Å². The van der Waals surface area contributed by atoms with E-state index in [4.69, 9.17) is 0 Å². The molecule has 0 aliphatic heterocycles. The minimum atomic E-state index is 0.177. The number of allylic oxidation sites excluding steroid dienone is 3. The van der Waals surface area contributed by atoms with Crippen molar-refractivity contribution < 1.29 is 0 Å². The molecule has 6 aromatic rings. The summed E-state index contributed by atoms with van der Waals surface area (Å²) < 4.78 is 0. The molecule has 0 spiro atoms. The van der Waals surface area contributed by atoms with E-state index in [1.54, 1.807) is 0 Å². The van der Waals surface area contributed by atoms with Crippen molar-refractivity contribution in [2.24, 2.45) is 0 Å². The van der Waals surface area contributed by atoms with E-state index in [1.807, 2.05) is 0 Å². The number of benzene rings is 4. The number of aromatic amines is 2. The molecule has 4 aromatic carbocycles. The number of fused-ring (bicyclic) bond motifs is 2. The predicted octanol–water partition coefficient (Wildman–Crippen LogP) is 8.59. The molecule has 2 heteroatoms. The first-order chi connectivity index (χ1) is 17.9. The molecular weight excluding hydrogens is 436 g/mol. The monoisotopic (exact) mass is 462 g/mol. The minimum Gasteiger partial charge on any atom is -0.361 e. The third kappa shape index (κ3) is 3.34. The van der Waals surface area contributed by atoms with Gasteiger partial charge in [-0.05, 0) is 45.5 Å². The van der Waals surface area contributed by atoms with Gasteiger partial charge in [0.15, 0.2) is 0 Å². The third-order valence-corrected chi connectivity index (χ3v) is 7.53. The van der Waals surface area contributed by atoms with E-state index in [-0.39, 0.29) is 11.8 Å². The van der Waals surface area contributed by atoms with Crippen LogP contribution in [0.3, 0.4) is 0 Å². The average molecular weight is 463 g/mol. The summed E-state index contributed by atoms with van der Waals surface area (Å²) in [6.07, 6.45) is 9.20. The fourth-order valence-electron chi connectivity index (χ4n) is 5.93. The first-order valence-corrected chi connectivity index (χ1v) is 12.5. The molecule has 0 radical (unpaired) electrons. The highest BCUT2D eigenvalue weighted by Gasteiger charge is 2.35. The molecule has 0 saturated carbocycles. The van der Waals surface area contributed by atoms with Crippen LogP contribution in [0.4, 0.5) is 0 Å². The van der Waals surface area contributed by atoms with Crippen LogP contribution in [0, 0.1) is 0 Å². The summed E-state index contributed by atoms with van der Waals surface area (Å²) in [5.41, 5.74) is 10.2. The van der Waals surface area contributed by atoms with Gasteiger partial charge >= 0.3 is 0 Å². The van der Waals surface area contributed by atoms with Crippen molar-refractivity contribution in [1.29, 1.82) is 0 Å². The van der Waals surface area contributed by atoms with Crippen molar-refractivity contribution >= 4 is 27.4 Å². The van der Waals surface area contributed by atoms with Gasteiger partial charge in [-0.1, -0.05) is 109 Å². The van der Waals surface area contributed by atoms with Crippen molar-refractivity contribution in [3.63, 3.8) is 0 Å². The fourth-order valence-corrected chi connectivity index (χ4v) is 5.93. The van der Waals surface area contributed by atoms with Crippen molar-refractivity contribution in [1.82, 2.24) is 9.97 Å². The summed E-state index contributed by atoms with van der Waals surface area (Å²) in [6, 6.07) is 38.9. The standard InChI is InChI=1S/C34H26N2/c1-3-11-23(12-4-1)33(24-13-5-2-6-14-24)28-20-19-27(29-21-35-31-17-9-7-15-25(29)31)34(28)30-22-36-32-18-10-8-16-26(30)32/h1-22,27,34-36H/t27-,34-/m1/s1. The van der Waals surface area contributed by atoms with Gasteiger partial charge in [0.1, 0.15) is 0 Å². The second-order valence-corrected chi connectivity index (χ2v) is 9.50. The molecule has 1 aliphatic carbocycles. The highest BCUT2D eigenvalue weighted by Crippen LogP contribution is 2.51. The molecule has 1 aliphatic rings. The SMILES string of the molecule is C1=C[C@H](c2c[nH]c3ccccc23)[C@@H](c2c[nH]c3ccccc23)C1=C(c1ccccc1)c1ccccc1. The molecule has 0 bridgehead atoms. The molecule has 2 heterocycles. The summed E-state index contributed by atoms with van der Waals surface area (Å²) in [5, 5.41) is 2.58. The number of rotatable bonds is 4.